The van der Waals surface area contributed by atoms with Gasteiger partial charge in [0.05, 0.1) is 0 Å². The molecule has 2 aliphatic rings. The average Bonchev–Trinajstić information content (AvgIpc) is 2.65. The first-order valence-electron chi connectivity index (χ1n) is 9.33. The molecule has 1 aromatic rings. The maximum Gasteiger partial charge on any atom is 0.244 e. The standard InChI is InChI=1S/C19H29FN4O/c1-3-22-10-12-23(13-11-22)19(25)18(16-4-6-17(20)7-5-16)24-9-8-21-14-15(24)2/h4-7,15,18,21H,3,8-14H2,1-2H3. The molecule has 0 bridgehead atoms. The summed E-state index contributed by atoms with van der Waals surface area (Å²) in [5, 5.41) is 3.38. The van der Waals surface area contributed by atoms with Gasteiger partial charge < -0.3 is 15.1 Å². The van der Waals surface area contributed by atoms with E-state index in [-0.39, 0.29) is 23.8 Å². The van der Waals surface area contributed by atoms with Gasteiger partial charge in [-0.3, -0.25) is 9.69 Å². The summed E-state index contributed by atoms with van der Waals surface area (Å²) in [6.45, 7) is 11.3. The van der Waals surface area contributed by atoms with Gasteiger partial charge in [0.1, 0.15) is 11.9 Å². The molecule has 0 saturated carbocycles. The van der Waals surface area contributed by atoms with Crippen molar-refractivity contribution in [2.75, 3.05) is 52.4 Å². The van der Waals surface area contributed by atoms with Gasteiger partial charge in [-0.1, -0.05) is 19.1 Å². The van der Waals surface area contributed by atoms with E-state index in [2.05, 4.69) is 29.0 Å². The summed E-state index contributed by atoms with van der Waals surface area (Å²) in [4.78, 5) is 20.0. The van der Waals surface area contributed by atoms with Crippen LogP contribution < -0.4 is 5.32 Å². The minimum Gasteiger partial charge on any atom is -0.338 e. The second kappa shape index (κ2) is 8.25. The topological polar surface area (TPSA) is 38.8 Å². The summed E-state index contributed by atoms with van der Waals surface area (Å²) in [6, 6.07) is 6.37. The van der Waals surface area contributed by atoms with Crippen molar-refractivity contribution in [1.29, 1.82) is 0 Å². The van der Waals surface area contributed by atoms with Crippen LogP contribution in [0.4, 0.5) is 4.39 Å². The van der Waals surface area contributed by atoms with Crippen LogP contribution in [0.1, 0.15) is 25.5 Å². The molecule has 1 aromatic carbocycles. The van der Waals surface area contributed by atoms with Crippen LogP contribution >= 0.6 is 0 Å². The molecule has 2 saturated heterocycles. The predicted octanol–water partition coefficient (Wildman–Crippen LogP) is 1.32. The number of halogens is 1. The van der Waals surface area contributed by atoms with E-state index in [0.29, 0.717) is 0 Å². The van der Waals surface area contributed by atoms with Gasteiger partial charge in [-0.15, -0.1) is 0 Å². The van der Waals surface area contributed by atoms with Gasteiger partial charge in [-0.25, -0.2) is 4.39 Å². The van der Waals surface area contributed by atoms with Gasteiger partial charge in [0.15, 0.2) is 0 Å². The third-order valence-electron chi connectivity index (χ3n) is 5.44. The van der Waals surface area contributed by atoms with E-state index >= 15 is 0 Å². The summed E-state index contributed by atoms with van der Waals surface area (Å²) in [5.41, 5.74) is 0.887. The highest BCUT2D eigenvalue weighted by atomic mass is 19.1. The number of amides is 1. The first-order valence-corrected chi connectivity index (χ1v) is 9.33. The number of nitrogens with zero attached hydrogens (tertiary/aromatic N) is 3. The molecule has 3 rings (SSSR count). The number of hydrogen-bond donors (Lipinski definition) is 1. The van der Waals surface area contributed by atoms with Crippen LogP contribution in [0.5, 0.6) is 0 Å². The lowest BCUT2D eigenvalue weighted by molar-refractivity contribution is -0.140. The molecule has 6 heteroatoms. The third kappa shape index (κ3) is 4.19. The first-order chi connectivity index (χ1) is 12.1. The molecular formula is C19H29FN4O. The Morgan fingerprint density at radius 2 is 1.88 bits per heavy atom. The van der Waals surface area contributed by atoms with Crippen LogP contribution in [0.3, 0.4) is 0 Å². The lowest BCUT2D eigenvalue weighted by Crippen LogP contribution is -2.57. The fraction of sp³-hybridized carbons (Fsp3) is 0.632. The molecule has 0 radical (unpaired) electrons. The summed E-state index contributed by atoms with van der Waals surface area (Å²) >= 11 is 0. The Morgan fingerprint density at radius 1 is 1.20 bits per heavy atom. The van der Waals surface area contributed by atoms with E-state index < -0.39 is 0 Å². The molecule has 138 valence electrons. The van der Waals surface area contributed by atoms with Gasteiger partial charge in [0.25, 0.3) is 0 Å². The van der Waals surface area contributed by atoms with E-state index in [9.17, 15) is 9.18 Å². The van der Waals surface area contributed by atoms with Gasteiger partial charge in [-0.05, 0) is 31.2 Å². The number of likely N-dealkylation sites (N-methyl/N-ethyl adjacent to an activating group) is 1. The summed E-state index contributed by atoms with van der Waals surface area (Å²) in [7, 11) is 0. The van der Waals surface area contributed by atoms with Crippen LogP contribution in [-0.4, -0.2) is 79.0 Å². The zero-order chi connectivity index (χ0) is 17.8. The maximum atomic E-state index is 13.4. The first kappa shape index (κ1) is 18.3. The van der Waals surface area contributed by atoms with Crippen LogP contribution in [0.25, 0.3) is 0 Å². The Morgan fingerprint density at radius 3 is 2.48 bits per heavy atom. The highest BCUT2D eigenvalue weighted by molar-refractivity contribution is 5.83. The van der Waals surface area contributed by atoms with Crippen molar-refractivity contribution in [1.82, 2.24) is 20.0 Å². The number of benzene rings is 1. The van der Waals surface area contributed by atoms with Gasteiger partial charge in [0.2, 0.25) is 5.91 Å². The van der Waals surface area contributed by atoms with E-state index in [1.807, 2.05) is 4.90 Å². The Bertz CT molecular complexity index is 571. The molecule has 2 fully saturated rings. The minimum absolute atomic E-state index is 0.149. The van der Waals surface area contributed by atoms with Crippen LogP contribution in [-0.2, 0) is 4.79 Å². The maximum absolute atomic E-state index is 13.4. The van der Waals surface area contributed by atoms with E-state index in [1.54, 1.807) is 12.1 Å². The van der Waals surface area contributed by atoms with E-state index in [4.69, 9.17) is 0 Å². The van der Waals surface area contributed by atoms with Crippen molar-refractivity contribution in [3.8, 4) is 0 Å². The van der Waals surface area contributed by atoms with Gasteiger partial charge in [-0.2, -0.15) is 0 Å². The lowest BCUT2D eigenvalue weighted by Gasteiger charge is -2.43. The number of rotatable bonds is 4. The molecule has 0 aliphatic carbocycles. The number of hydrogen-bond acceptors (Lipinski definition) is 4. The average molecular weight is 348 g/mol. The van der Waals surface area contributed by atoms with Crippen LogP contribution in [0.15, 0.2) is 24.3 Å². The predicted molar refractivity (Wildman–Crippen MR) is 96.9 cm³/mol. The zero-order valence-electron chi connectivity index (χ0n) is 15.2. The quantitative estimate of drug-likeness (QED) is 0.891. The van der Waals surface area contributed by atoms with Crippen molar-refractivity contribution in [2.24, 2.45) is 0 Å². The molecular weight excluding hydrogens is 319 g/mol. The van der Waals surface area contributed by atoms with Crippen molar-refractivity contribution in [3.63, 3.8) is 0 Å². The van der Waals surface area contributed by atoms with E-state index in [0.717, 1.165) is 57.9 Å². The Hall–Kier alpha value is -1.50. The second-order valence-corrected chi connectivity index (χ2v) is 7.00. The van der Waals surface area contributed by atoms with Crippen molar-refractivity contribution in [2.45, 2.75) is 25.9 Å². The number of nitrogens with one attached hydrogen (secondary N) is 1. The highest BCUT2D eigenvalue weighted by Crippen LogP contribution is 2.27. The van der Waals surface area contributed by atoms with E-state index in [1.165, 1.54) is 12.1 Å². The number of piperazine rings is 2. The fourth-order valence-corrected chi connectivity index (χ4v) is 3.82. The van der Waals surface area contributed by atoms with Crippen molar-refractivity contribution in [3.05, 3.63) is 35.6 Å². The molecule has 0 aromatic heterocycles. The third-order valence-corrected chi connectivity index (χ3v) is 5.44. The summed E-state index contributed by atoms with van der Waals surface area (Å²) < 4.78 is 13.4. The molecule has 2 heterocycles. The monoisotopic (exact) mass is 348 g/mol. The molecule has 5 nitrogen and oxygen atoms in total. The zero-order valence-corrected chi connectivity index (χ0v) is 15.2. The Balaban J connectivity index is 1.82. The normalized spacial score (nSPS) is 24.3. The van der Waals surface area contributed by atoms with Crippen LogP contribution in [0, 0.1) is 5.82 Å². The lowest BCUT2D eigenvalue weighted by atomic mass is 10.00. The molecule has 25 heavy (non-hydrogen) atoms. The molecule has 2 aliphatic heterocycles. The number of carbonyl (C=O) groups is 1. The second-order valence-electron chi connectivity index (χ2n) is 7.00. The Labute approximate surface area is 149 Å². The van der Waals surface area contributed by atoms with Gasteiger partial charge in [0, 0.05) is 51.9 Å². The molecule has 0 spiro atoms. The SMILES string of the molecule is CCN1CCN(C(=O)C(c2ccc(F)cc2)N2CCNCC2C)CC1. The molecule has 2 atom stereocenters. The van der Waals surface area contributed by atoms with Crippen LogP contribution in [0.2, 0.25) is 0 Å². The largest absolute Gasteiger partial charge is 0.338 e. The summed E-state index contributed by atoms with van der Waals surface area (Å²) in [5.74, 6) is -0.115. The highest BCUT2D eigenvalue weighted by Gasteiger charge is 2.35. The van der Waals surface area contributed by atoms with Crippen molar-refractivity contribution >= 4 is 5.91 Å². The minimum atomic E-state index is -0.328. The smallest absolute Gasteiger partial charge is 0.244 e. The van der Waals surface area contributed by atoms with Crippen molar-refractivity contribution < 1.29 is 9.18 Å². The van der Waals surface area contributed by atoms with Gasteiger partial charge >= 0.3 is 0 Å². The molecule has 2 unspecified atom stereocenters. The Kier molecular flexibility index (Phi) is 6.04. The number of carbonyl (C=O) groups excluding carboxylic acids is 1. The summed E-state index contributed by atoms with van der Waals surface area (Å²) in [6.07, 6.45) is 0. The molecule has 1 amide bonds. The fourth-order valence-electron chi connectivity index (χ4n) is 3.82. The molecule has 1 N–H and O–H groups in total.